The van der Waals surface area contributed by atoms with Crippen LogP contribution in [0.4, 0.5) is 15.8 Å². The second kappa shape index (κ2) is 13.9. The Labute approximate surface area is 243 Å². The number of carbonyl (C=O) groups is 2. The maximum Gasteiger partial charge on any atom is 0.326 e. The number of anilines is 2. The quantitative estimate of drug-likeness (QED) is 0.138. The summed E-state index contributed by atoms with van der Waals surface area (Å²) >= 11 is 1.42. The first kappa shape index (κ1) is 29.7. The van der Waals surface area contributed by atoms with Gasteiger partial charge >= 0.3 is 11.9 Å². The van der Waals surface area contributed by atoms with Crippen LogP contribution in [0.3, 0.4) is 0 Å². The molecule has 0 fully saturated rings. The average molecular weight is 577 g/mol. The second-order valence-corrected chi connectivity index (χ2v) is 10.5. The third-order valence-electron chi connectivity index (χ3n) is 6.72. The minimum atomic E-state index is -0.371. The number of benzene rings is 4. The largest absolute Gasteiger partial charge is 0.497 e. The van der Waals surface area contributed by atoms with E-state index in [0.29, 0.717) is 6.54 Å². The molecule has 0 saturated heterocycles. The molecule has 0 bridgehead atoms. The Hall–Kier alpha value is -4.24. The van der Waals surface area contributed by atoms with E-state index >= 15 is 0 Å². The highest BCUT2D eigenvalue weighted by atomic mass is 32.2. The summed E-state index contributed by atoms with van der Waals surface area (Å²) in [5.41, 5.74) is 2.63. The summed E-state index contributed by atoms with van der Waals surface area (Å²) in [5.74, 6) is -0.254. The lowest BCUT2D eigenvalue weighted by Gasteiger charge is -2.33. The molecule has 0 radical (unpaired) electrons. The Morgan fingerprint density at radius 3 is 2.02 bits per heavy atom. The zero-order chi connectivity index (χ0) is 29.4. The fourth-order valence-electron chi connectivity index (χ4n) is 4.55. The molecule has 4 rings (SSSR count). The molecule has 214 valence electrons. The van der Waals surface area contributed by atoms with Crippen molar-refractivity contribution in [2.24, 2.45) is 0 Å². The molecule has 0 aliphatic heterocycles. The number of fused-ring (bicyclic) bond motifs is 1. The first-order valence-electron chi connectivity index (χ1n) is 13.1. The fraction of sp³-hybridized carbons (Fsp3) is 0.250. The minimum absolute atomic E-state index is 0.0224. The van der Waals surface area contributed by atoms with Gasteiger partial charge in [0.2, 0.25) is 0 Å². The van der Waals surface area contributed by atoms with Crippen molar-refractivity contribution in [3.63, 3.8) is 0 Å². The summed E-state index contributed by atoms with van der Waals surface area (Å²) in [6.07, 6.45) is 0.176. The van der Waals surface area contributed by atoms with E-state index < -0.39 is 0 Å². The third-order valence-corrected chi connectivity index (χ3v) is 7.75. The van der Waals surface area contributed by atoms with Gasteiger partial charge in [0.05, 0.1) is 33.4 Å². The molecule has 41 heavy (non-hydrogen) atoms. The van der Waals surface area contributed by atoms with Crippen LogP contribution in [0.2, 0.25) is 0 Å². The van der Waals surface area contributed by atoms with E-state index in [2.05, 4.69) is 4.90 Å². The van der Waals surface area contributed by atoms with Crippen molar-refractivity contribution >= 4 is 46.0 Å². The number of halogens is 1. The maximum absolute atomic E-state index is 13.6. The van der Waals surface area contributed by atoms with Gasteiger partial charge in [0, 0.05) is 33.9 Å². The van der Waals surface area contributed by atoms with E-state index in [1.807, 2.05) is 71.9 Å². The van der Waals surface area contributed by atoms with Crippen LogP contribution in [0.1, 0.15) is 18.9 Å². The van der Waals surface area contributed by atoms with Gasteiger partial charge in [-0.15, -0.1) is 0 Å². The molecular weight excluding hydrogens is 543 g/mol. The average Bonchev–Trinajstić information content (AvgIpc) is 3.00. The molecule has 0 unspecified atom stereocenters. The molecule has 1 atom stereocenters. The minimum Gasteiger partial charge on any atom is -0.497 e. The van der Waals surface area contributed by atoms with E-state index in [9.17, 15) is 14.0 Å². The molecule has 9 heteroatoms. The van der Waals surface area contributed by atoms with Gasteiger partial charge < -0.3 is 23.4 Å². The fourth-order valence-corrected chi connectivity index (χ4v) is 5.49. The first-order valence-corrected chi connectivity index (χ1v) is 13.9. The summed E-state index contributed by atoms with van der Waals surface area (Å²) < 4.78 is 30.8. The van der Waals surface area contributed by atoms with Gasteiger partial charge in [-0.2, -0.15) is 0 Å². The van der Waals surface area contributed by atoms with Crippen molar-refractivity contribution < 1.29 is 28.2 Å². The molecule has 0 amide bonds. The summed E-state index contributed by atoms with van der Waals surface area (Å²) in [7, 11) is 4.36. The molecular formula is C32H33FN2O5S. The summed E-state index contributed by atoms with van der Waals surface area (Å²) in [4.78, 5) is 27.8. The molecule has 0 aliphatic carbocycles. The van der Waals surface area contributed by atoms with Crippen LogP contribution >= 0.6 is 11.9 Å². The van der Waals surface area contributed by atoms with Gasteiger partial charge in [0.25, 0.3) is 0 Å². The molecule has 4 aromatic rings. The van der Waals surface area contributed by atoms with Crippen molar-refractivity contribution in [1.29, 1.82) is 0 Å². The number of ether oxygens (including phenoxy) is 3. The Morgan fingerprint density at radius 1 is 0.805 bits per heavy atom. The maximum atomic E-state index is 13.6. The number of rotatable bonds is 12. The Morgan fingerprint density at radius 2 is 1.41 bits per heavy atom. The van der Waals surface area contributed by atoms with Crippen molar-refractivity contribution in [2.75, 3.05) is 37.1 Å². The van der Waals surface area contributed by atoms with Gasteiger partial charge in [0.15, 0.2) is 0 Å². The normalized spacial score (nSPS) is 11.5. The van der Waals surface area contributed by atoms with Gasteiger partial charge in [-0.25, -0.2) is 4.39 Å². The first-order chi connectivity index (χ1) is 19.8. The Kier molecular flexibility index (Phi) is 10.1. The molecule has 0 aromatic heterocycles. The van der Waals surface area contributed by atoms with Crippen LogP contribution in [-0.2, 0) is 25.6 Å². The lowest BCUT2D eigenvalue weighted by molar-refractivity contribution is -0.141. The van der Waals surface area contributed by atoms with Crippen molar-refractivity contribution in [1.82, 2.24) is 0 Å². The van der Waals surface area contributed by atoms with Crippen LogP contribution in [0.5, 0.6) is 5.75 Å². The summed E-state index contributed by atoms with van der Waals surface area (Å²) in [6.45, 7) is 2.44. The SMILES string of the molecule is COC(=O)C[C@H](C)N(Cc1ccc(F)cc1)c1ccc(N(CC(=O)OC)Sc2ccc(OC)cc2)c2ccccc12. The lowest BCUT2D eigenvalue weighted by atomic mass is 10.0. The highest BCUT2D eigenvalue weighted by Crippen LogP contribution is 2.40. The van der Waals surface area contributed by atoms with Gasteiger partial charge in [-0.1, -0.05) is 36.4 Å². The number of hydrogen-bond donors (Lipinski definition) is 0. The zero-order valence-electron chi connectivity index (χ0n) is 23.5. The highest BCUT2D eigenvalue weighted by molar-refractivity contribution is 8.00. The lowest BCUT2D eigenvalue weighted by Crippen LogP contribution is -2.35. The van der Waals surface area contributed by atoms with E-state index in [-0.39, 0.29) is 36.8 Å². The number of carbonyl (C=O) groups excluding carboxylic acids is 2. The van der Waals surface area contributed by atoms with E-state index in [4.69, 9.17) is 14.2 Å². The monoisotopic (exact) mass is 576 g/mol. The van der Waals surface area contributed by atoms with Crippen molar-refractivity contribution in [2.45, 2.75) is 30.8 Å². The van der Waals surface area contributed by atoms with Gasteiger partial charge in [-0.05, 0) is 73.0 Å². The molecule has 4 aromatic carbocycles. The molecule has 0 saturated carbocycles. The van der Waals surface area contributed by atoms with E-state index in [1.54, 1.807) is 19.2 Å². The predicted molar refractivity (Wildman–Crippen MR) is 161 cm³/mol. The van der Waals surface area contributed by atoms with Crippen molar-refractivity contribution in [3.05, 3.63) is 96.3 Å². The smallest absolute Gasteiger partial charge is 0.326 e. The third kappa shape index (κ3) is 7.49. The molecule has 0 spiro atoms. The molecule has 0 N–H and O–H groups in total. The van der Waals surface area contributed by atoms with E-state index in [1.165, 1.54) is 38.3 Å². The number of nitrogens with zero attached hydrogens (tertiary/aromatic N) is 2. The van der Waals surface area contributed by atoms with Crippen LogP contribution in [0.15, 0.2) is 89.8 Å². The topological polar surface area (TPSA) is 68.3 Å². The van der Waals surface area contributed by atoms with Crippen LogP contribution in [-0.4, -0.2) is 45.9 Å². The Balaban J connectivity index is 1.79. The molecule has 0 heterocycles. The molecule has 0 aliphatic rings. The highest BCUT2D eigenvalue weighted by Gasteiger charge is 2.23. The number of hydrogen-bond acceptors (Lipinski definition) is 8. The van der Waals surface area contributed by atoms with Gasteiger partial charge in [0.1, 0.15) is 18.1 Å². The Bertz CT molecular complexity index is 1480. The number of esters is 2. The summed E-state index contributed by atoms with van der Waals surface area (Å²) in [5, 5.41) is 1.86. The predicted octanol–water partition coefficient (Wildman–Crippen LogP) is 6.63. The van der Waals surface area contributed by atoms with E-state index in [0.717, 1.165) is 38.4 Å². The summed E-state index contributed by atoms with van der Waals surface area (Å²) in [6, 6.07) is 25.6. The van der Waals surface area contributed by atoms with Crippen LogP contribution in [0.25, 0.3) is 10.8 Å². The van der Waals surface area contributed by atoms with Crippen molar-refractivity contribution in [3.8, 4) is 5.75 Å². The standard InChI is InChI=1S/C32H33FN2O5S/c1-22(19-31(36)39-3)34(20-23-9-11-24(33)12-10-23)29-17-18-30(28-8-6-5-7-27(28)29)35(21-32(37)40-4)41-26-15-13-25(38-2)14-16-26/h5-18,22H,19-21H2,1-4H3/t22-/m0/s1. The zero-order valence-corrected chi connectivity index (χ0v) is 24.3. The number of methoxy groups -OCH3 is 3. The van der Waals surface area contributed by atoms with Crippen LogP contribution in [0, 0.1) is 5.82 Å². The molecule has 7 nitrogen and oxygen atoms in total. The second-order valence-electron chi connectivity index (χ2n) is 9.41. The van der Waals surface area contributed by atoms with Gasteiger partial charge in [-0.3, -0.25) is 9.59 Å². The van der Waals surface area contributed by atoms with Crippen LogP contribution < -0.4 is 13.9 Å².